The summed E-state index contributed by atoms with van der Waals surface area (Å²) in [6.07, 6.45) is -0.653. The van der Waals surface area contributed by atoms with E-state index in [0.717, 1.165) is 4.90 Å². The maximum atomic E-state index is 12.1. The second kappa shape index (κ2) is 6.55. The van der Waals surface area contributed by atoms with E-state index in [1.807, 2.05) is 0 Å². The number of hydrogen-bond acceptors (Lipinski definition) is 4. The second-order valence-electron chi connectivity index (χ2n) is 4.31. The molecule has 0 spiro atoms. The predicted octanol–water partition coefficient (Wildman–Crippen LogP) is -0.405. The summed E-state index contributed by atoms with van der Waals surface area (Å²) in [5.41, 5.74) is 0. The highest BCUT2D eigenvalue weighted by Crippen LogP contribution is 2.16. The molecular formula is C11H20N2O5. The summed E-state index contributed by atoms with van der Waals surface area (Å²) in [4.78, 5) is 25.8. The van der Waals surface area contributed by atoms with E-state index in [4.69, 9.17) is 14.9 Å². The van der Waals surface area contributed by atoms with Gasteiger partial charge in [0.05, 0.1) is 12.6 Å². The Balaban J connectivity index is 2.74. The highest BCUT2D eigenvalue weighted by atomic mass is 16.5. The Morgan fingerprint density at radius 3 is 2.72 bits per heavy atom. The molecule has 1 aliphatic heterocycles. The van der Waals surface area contributed by atoms with Gasteiger partial charge in [-0.1, -0.05) is 0 Å². The Morgan fingerprint density at radius 2 is 2.22 bits per heavy atom. The van der Waals surface area contributed by atoms with Crippen LogP contribution in [0.3, 0.4) is 0 Å². The molecule has 18 heavy (non-hydrogen) atoms. The van der Waals surface area contributed by atoms with Gasteiger partial charge in [-0.25, -0.2) is 4.79 Å². The quantitative estimate of drug-likeness (QED) is 0.701. The summed E-state index contributed by atoms with van der Waals surface area (Å²) in [5.74, 6) is -0.237. The highest BCUT2D eigenvalue weighted by molar-refractivity contribution is 5.86. The molecule has 1 aliphatic rings. The van der Waals surface area contributed by atoms with Crippen LogP contribution >= 0.6 is 0 Å². The molecule has 0 aliphatic carbocycles. The van der Waals surface area contributed by atoms with Gasteiger partial charge < -0.3 is 19.8 Å². The van der Waals surface area contributed by atoms with Crippen LogP contribution in [0.2, 0.25) is 0 Å². The number of hydrogen-bond donors (Lipinski definition) is 2. The molecule has 1 heterocycles. The Morgan fingerprint density at radius 1 is 1.56 bits per heavy atom. The molecule has 0 aromatic carbocycles. The first-order valence-corrected chi connectivity index (χ1v) is 5.92. The van der Waals surface area contributed by atoms with Crippen LogP contribution in [0, 0.1) is 0 Å². The van der Waals surface area contributed by atoms with Gasteiger partial charge in [0.15, 0.2) is 0 Å². The third kappa shape index (κ3) is 3.11. The Kier molecular flexibility index (Phi) is 5.36. The highest BCUT2D eigenvalue weighted by Gasteiger charge is 2.37. The number of carbonyl (C=O) groups is 2. The fourth-order valence-corrected chi connectivity index (χ4v) is 2.19. The largest absolute Gasteiger partial charge is 0.465 e. The number of rotatable bonds is 5. The van der Waals surface area contributed by atoms with E-state index in [1.165, 1.54) is 7.11 Å². The zero-order valence-electron chi connectivity index (χ0n) is 10.7. The van der Waals surface area contributed by atoms with Crippen LogP contribution in [0.4, 0.5) is 4.79 Å². The first-order chi connectivity index (χ1) is 8.52. The molecule has 2 atom stereocenters. The monoisotopic (exact) mass is 260 g/mol. The molecule has 0 aromatic rings. The molecule has 0 bridgehead atoms. The van der Waals surface area contributed by atoms with Crippen LogP contribution in [0.5, 0.6) is 0 Å². The van der Waals surface area contributed by atoms with Gasteiger partial charge in [0, 0.05) is 26.8 Å². The maximum Gasteiger partial charge on any atom is 0.408 e. The molecule has 7 heteroatoms. The van der Waals surface area contributed by atoms with Crippen molar-refractivity contribution in [3.63, 3.8) is 0 Å². The molecule has 2 N–H and O–H groups in total. The van der Waals surface area contributed by atoms with Crippen molar-refractivity contribution >= 4 is 12.0 Å². The SMILES string of the molecule is COC[C@H](CCO)N1CCN(C(=O)O)[C@H](C)C1=O. The minimum absolute atomic E-state index is 0.0329. The number of carboxylic acid groups (broad SMARTS) is 1. The first-order valence-electron chi connectivity index (χ1n) is 5.92. The van der Waals surface area contributed by atoms with Crippen LogP contribution in [0.25, 0.3) is 0 Å². The fraction of sp³-hybridized carbons (Fsp3) is 0.818. The van der Waals surface area contributed by atoms with Gasteiger partial charge >= 0.3 is 6.09 Å². The van der Waals surface area contributed by atoms with Crippen LogP contribution in [-0.4, -0.2) is 77.5 Å². The van der Waals surface area contributed by atoms with Crippen LogP contribution in [0.1, 0.15) is 13.3 Å². The third-order valence-electron chi connectivity index (χ3n) is 3.20. The number of methoxy groups -OCH3 is 1. The number of piperazine rings is 1. The second-order valence-corrected chi connectivity index (χ2v) is 4.31. The van der Waals surface area contributed by atoms with E-state index in [2.05, 4.69) is 0 Å². The molecule has 7 nitrogen and oxygen atoms in total. The zero-order valence-corrected chi connectivity index (χ0v) is 10.7. The molecule has 1 saturated heterocycles. The standard InChI is InChI=1S/C11H20N2O5/c1-8-10(15)13(5-4-12(8)11(16)17)9(3-6-14)7-18-2/h8-9,14H,3-7H2,1-2H3,(H,16,17)/t8-,9+/m1/s1. The normalized spacial score (nSPS) is 22.2. The Hall–Kier alpha value is -1.34. The number of aliphatic hydroxyl groups excluding tert-OH is 1. The van der Waals surface area contributed by atoms with Crippen molar-refractivity contribution in [1.29, 1.82) is 0 Å². The molecule has 0 aromatic heterocycles. The predicted molar refractivity (Wildman–Crippen MR) is 63.3 cm³/mol. The van der Waals surface area contributed by atoms with Crippen LogP contribution in [0.15, 0.2) is 0 Å². The van der Waals surface area contributed by atoms with Crippen molar-refractivity contribution in [1.82, 2.24) is 9.80 Å². The van der Waals surface area contributed by atoms with Gasteiger partial charge in [-0.3, -0.25) is 9.69 Å². The van der Waals surface area contributed by atoms with Gasteiger partial charge in [-0.05, 0) is 13.3 Å². The summed E-state index contributed by atoms with van der Waals surface area (Å²) >= 11 is 0. The summed E-state index contributed by atoms with van der Waals surface area (Å²) in [7, 11) is 1.53. The molecule has 0 radical (unpaired) electrons. The lowest BCUT2D eigenvalue weighted by Gasteiger charge is -2.41. The van der Waals surface area contributed by atoms with Crippen molar-refractivity contribution in [3.8, 4) is 0 Å². The fourth-order valence-electron chi connectivity index (χ4n) is 2.19. The van der Waals surface area contributed by atoms with Gasteiger partial charge in [-0.2, -0.15) is 0 Å². The summed E-state index contributed by atoms with van der Waals surface area (Å²) in [6, 6.07) is -0.889. The van der Waals surface area contributed by atoms with Gasteiger partial charge in [-0.15, -0.1) is 0 Å². The smallest absolute Gasteiger partial charge is 0.408 e. The van der Waals surface area contributed by atoms with Crippen molar-refractivity contribution in [3.05, 3.63) is 0 Å². The van der Waals surface area contributed by atoms with Crippen LogP contribution in [-0.2, 0) is 9.53 Å². The van der Waals surface area contributed by atoms with E-state index in [1.54, 1.807) is 11.8 Å². The summed E-state index contributed by atoms with van der Waals surface area (Å²) < 4.78 is 5.03. The van der Waals surface area contributed by atoms with Gasteiger partial charge in [0.2, 0.25) is 5.91 Å². The lowest BCUT2D eigenvalue weighted by Crippen LogP contribution is -2.60. The van der Waals surface area contributed by atoms with Gasteiger partial charge in [0.25, 0.3) is 0 Å². The minimum Gasteiger partial charge on any atom is -0.465 e. The van der Waals surface area contributed by atoms with E-state index < -0.39 is 12.1 Å². The lowest BCUT2D eigenvalue weighted by atomic mass is 10.1. The third-order valence-corrected chi connectivity index (χ3v) is 3.20. The zero-order chi connectivity index (χ0) is 13.7. The topological polar surface area (TPSA) is 90.3 Å². The van der Waals surface area contributed by atoms with Crippen LogP contribution < -0.4 is 0 Å². The first kappa shape index (κ1) is 14.7. The molecule has 1 fully saturated rings. The molecule has 0 unspecified atom stereocenters. The molecule has 2 amide bonds. The Labute approximate surface area is 106 Å². The summed E-state index contributed by atoms with van der Waals surface area (Å²) in [5, 5.41) is 17.9. The molecule has 104 valence electrons. The van der Waals surface area contributed by atoms with E-state index >= 15 is 0 Å². The van der Waals surface area contributed by atoms with E-state index in [-0.39, 0.29) is 25.1 Å². The number of nitrogens with zero attached hydrogens (tertiary/aromatic N) is 2. The number of ether oxygens (including phenoxy) is 1. The Bertz CT molecular complexity index is 304. The number of aliphatic hydroxyl groups is 1. The van der Waals surface area contributed by atoms with Gasteiger partial charge in [0.1, 0.15) is 6.04 Å². The molecular weight excluding hydrogens is 240 g/mol. The number of carbonyl (C=O) groups excluding carboxylic acids is 1. The van der Waals surface area contributed by atoms with Crippen molar-refractivity contribution < 1.29 is 24.5 Å². The minimum atomic E-state index is -1.08. The number of amides is 2. The maximum absolute atomic E-state index is 12.1. The molecule has 1 rings (SSSR count). The average Bonchev–Trinajstić information content (AvgIpc) is 2.32. The van der Waals surface area contributed by atoms with E-state index in [0.29, 0.717) is 19.6 Å². The van der Waals surface area contributed by atoms with Crippen molar-refractivity contribution in [2.24, 2.45) is 0 Å². The molecule has 0 saturated carbocycles. The van der Waals surface area contributed by atoms with E-state index in [9.17, 15) is 9.59 Å². The summed E-state index contributed by atoms with van der Waals surface area (Å²) in [6.45, 7) is 2.50. The lowest BCUT2D eigenvalue weighted by molar-refractivity contribution is -0.144. The van der Waals surface area contributed by atoms with Crippen molar-refractivity contribution in [2.45, 2.75) is 25.4 Å². The average molecular weight is 260 g/mol. The van der Waals surface area contributed by atoms with Crippen molar-refractivity contribution in [2.75, 3.05) is 33.4 Å².